The van der Waals surface area contributed by atoms with Gasteiger partial charge in [0.05, 0.1) is 6.54 Å². The van der Waals surface area contributed by atoms with E-state index in [4.69, 9.17) is 5.73 Å². The third-order valence-electron chi connectivity index (χ3n) is 2.06. The van der Waals surface area contributed by atoms with Crippen LogP contribution in [-0.2, 0) is 0 Å². The predicted octanol–water partition coefficient (Wildman–Crippen LogP) is 2.02. The van der Waals surface area contributed by atoms with Crippen LogP contribution in [0, 0.1) is 5.92 Å². The topological polar surface area (TPSA) is 26.0 Å². The Morgan fingerprint density at radius 3 is 2.17 bits per heavy atom. The maximum Gasteiger partial charge on any atom is 0.260 e. The molecule has 0 radical (unpaired) electrons. The molecule has 1 aliphatic carbocycles. The minimum atomic E-state index is -2.97. The van der Waals surface area contributed by atoms with Crippen molar-refractivity contribution >= 4 is 0 Å². The van der Waals surface area contributed by atoms with Gasteiger partial charge in [-0.25, -0.2) is 17.6 Å². The van der Waals surface area contributed by atoms with Crippen molar-refractivity contribution in [3.05, 3.63) is 0 Å². The van der Waals surface area contributed by atoms with Gasteiger partial charge in [-0.15, -0.1) is 0 Å². The summed E-state index contributed by atoms with van der Waals surface area (Å²) >= 11 is 0. The van der Waals surface area contributed by atoms with Crippen LogP contribution in [-0.4, -0.2) is 18.4 Å². The summed E-state index contributed by atoms with van der Waals surface area (Å²) in [5.74, 6) is -6.24. The summed E-state index contributed by atoms with van der Waals surface area (Å²) in [6, 6.07) is 0. The molecule has 1 rings (SSSR count). The zero-order chi connectivity index (χ0) is 9.41. The second kappa shape index (κ2) is 2.87. The van der Waals surface area contributed by atoms with Crippen molar-refractivity contribution in [2.45, 2.75) is 31.1 Å². The van der Waals surface area contributed by atoms with Crippen molar-refractivity contribution < 1.29 is 17.6 Å². The van der Waals surface area contributed by atoms with E-state index in [1.54, 1.807) is 0 Å². The first-order chi connectivity index (χ1) is 5.35. The molecule has 2 N–H and O–H groups in total. The first-order valence-corrected chi connectivity index (χ1v) is 3.80. The highest BCUT2D eigenvalue weighted by atomic mass is 19.3. The molecule has 12 heavy (non-hydrogen) atoms. The fraction of sp³-hybridized carbons (Fsp3) is 1.00. The Bertz CT molecular complexity index is 161. The smallest absolute Gasteiger partial charge is 0.260 e. The van der Waals surface area contributed by atoms with Gasteiger partial charge in [-0.05, 0) is 5.92 Å². The average Bonchev–Trinajstić information content (AvgIpc) is 1.83. The van der Waals surface area contributed by atoms with E-state index in [9.17, 15) is 17.6 Å². The third-order valence-corrected chi connectivity index (χ3v) is 2.06. The largest absolute Gasteiger partial charge is 0.325 e. The maximum absolute atomic E-state index is 12.5. The van der Waals surface area contributed by atoms with Crippen LogP contribution in [0.4, 0.5) is 17.6 Å². The lowest BCUT2D eigenvalue weighted by atomic mass is 9.78. The molecule has 0 unspecified atom stereocenters. The summed E-state index contributed by atoms with van der Waals surface area (Å²) < 4.78 is 49.4. The maximum atomic E-state index is 12.5. The molecule has 72 valence electrons. The van der Waals surface area contributed by atoms with Crippen LogP contribution in [0.1, 0.15) is 19.3 Å². The zero-order valence-electron chi connectivity index (χ0n) is 6.49. The molecule has 0 bridgehead atoms. The van der Waals surface area contributed by atoms with Crippen molar-refractivity contribution in [2.75, 3.05) is 6.54 Å². The van der Waals surface area contributed by atoms with E-state index in [2.05, 4.69) is 0 Å². The third kappa shape index (κ3) is 2.33. The van der Waals surface area contributed by atoms with Crippen molar-refractivity contribution in [3.63, 3.8) is 0 Å². The number of alkyl halides is 4. The molecule has 0 heterocycles. The van der Waals surface area contributed by atoms with Gasteiger partial charge in [-0.2, -0.15) is 0 Å². The summed E-state index contributed by atoms with van der Waals surface area (Å²) in [5, 5.41) is 0. The average molecular weight is 185 g/mol. The fourth-order valence-corrected chi connectivity index (χ4v) is 1.43. The Hall–Kier alpha value is -0.320. The summed E-state index contributed by atoms with van der Waals surface area (Å²) in [6.45, 7) is -0.755. The van der Waals surface area contributed by atoms with Crippen molar-refractivity contribution in [1.82, 2.24) is 0 Å². The SMILES string of the molecule is NCC(F)(F)CC1CC(F)(F)C1. The van der Waals surface area contributed by atoms with Crippen molar-refractivity contribution in [1.29, 1.82) is 0 Å². The normalized spacial score (nSPS) is 23.8. The molecule has 0 spiro atoms. The molecule has 0 saturated heterocycles. The number of hydrogen-bond donors (Lipinski definition) is 1. The minimum Gasteiger partial charge on any atom is -0.325 e. The van der Waals surface area contributed by atoms with Crippen molar-refractivity contribution in [3.8, 4) is 0 Å². The Labute approximate surface area is 67.9 Å². The van der Waals surface area contributed by atoms with Crippen LogP contribution in [0.2, 0.25) is 0 Å². The highest BCUT2D eigenvalue weighted by molar-refractivity contribution is 4.89. The van der Waals surface area contributed by atoms with Gasteiger partial charge in [0, 0.05) is 19.3 Å². The van der Waals surface area contributed by atoms with Gasteiger partial charge in [0.25, 0.3) is 5.92 Å². The van der Waals surface area contributed by atoms with Crippen LogP contribution >= 0.6 is 0 Å². The molecular weight excluding hydrogens is 174 g/mol. The number of hydrogen-bond acceptors (Lipinski definition) is 1. The molecule has 5 heteroatoms. The molecule has 0 atom stereocenters. The molecule has 0 aromatic carbocycles. The lowest BCUT2D eigenvalue weighted by molar-refractivity contribution is -0.135. The minimum absolute atomic E-state index is 0.414. The Morgan fingerprint density at radius 2 is 1.83 bits per heavy atom. The van der Waals surface area contributed by atoms with Gasteiger partial charge in [-0.3, -0.25) is 0 Å². The monoisotopic (exact) mass is 185 g/mol. The highest BCUT2D eigenvalue weighted by Gasteiger charge is 2.48. The lowest BCUT2D eigenvalue weighted by Crippen LogP contribution is -2.40. The Kier molecular flexibility index (Phi) is 2.33. The van der Waals surface area contributed by atoms with Gasteiger partial charge in [0.15, 0.2) is 0 Å². The predicted molar refractivity (Wildman–Crippen MR) is 36.3 cm³/mol. The van der Waals surface area contributed by atoms with Crippen LogP contribution < -0.4 is 5.73 Å². The van der Waals surface area contributed by atoms with Crippen LogP contribution in [0.3, 0.4) is 0 Å². The standard InChI is InChI=1S/C7H11F4N/c8-6(9)1-5(2-6)3-7(10,11)4-12/h5H,1-4,12H2. The molecule has 1 aliphatic rings. The molecule has 1 nitrogen and oxygen atoms in total. The van der Waals surface area contributed by atoms with E-state index in [1.165, 1.54) is 0 Å². The molecular formula is C7H11F4N. The summed E-state index contributed by atoms with van der Waals surface area (Å²) in [5.41, 5.74) is 4.76. The van der Waals surface area contributed by atoms with Gasteiger partial charge in [-0.1, -0.05) is 0 Å². The van der Waals surface area contributed by atoms with E-state index in [0.717, 1.165) is 0 Å². The highest BCUT2D eigenvalue weighted by Crippen LogP contribution is 2.46. The summed E-state index contributed by atoms with van der Waals surface area (Å²) in [7, 11) is 0. The van der Waals surface area contributed by atoms with E-state index in [0.29, 0.717) is 0 Å². The van der Waals surface area contributed by atoms with Crippen LogP contribution in [0.15, 0.2) is 0 Å². The van der Waals surface area contributed by atoms with E-state index < -0.39 is 43.6 Å². The molecule has 0 aromatic rings. The molecule has 1 fully saturated rings. The first-order valence-electron chi connectivity index (χ1n) is 3.80. The number of halogens is 4. The Balaban J connectivity index is 2.27. The Morgan fingerprint density at radius 1 is 1.33 bits per heavy atom. The molecule has 0 aromatic heterocycles. The van der Waals surface area contributed by atoms with E-state index >= 15 is 0 Å². The fourth-order valence-electron chi connectivity index (χ4n) is 1.43. The quantitative estimate of drug-likeness (QED) is 0.669. The van der Waals surface area contributed by atoms with Gasteiger partial charge in [0.1, 0.15) is 0 Å². The van der Waals surface area contributed by atoms with E-state index in [-0.39, 0.29) is 0 Å². The van der Waals surface area contributed by atoms with Crippen molar-refractivity contribution in [2.24, 2.45) is 11.7 Å². The van der Waals surface area contributed by atoms with Crippen LogP contribution in [0.25, 0.3) is 0 Å². The molecule has 0 aliphatic heterocycles. The zero-order valence-corrected chi connectivity index (χ0v) is 6.49. The molecule has 0 amide bonds. The number of rotatable bonds is 3. The number of nitrogens with two attached hydrogens (primary N) is 1. The van der Waals surface area contributed by atoms with Gasteiger partial charge >= 0.3 is 0 Å². The first kappa shape index (κ1) is 9.77. The lowest BCUT2D eigenvalue weighted by Gasteiger charge is -2.36. The summed E-state index contributed by atoms with van der Waals surface area (Å²) in [6.07, 6.45) is -1.33. The second-order valence-corrected chi connectivity index (χ2v) is 3.39. The molecule has 1 saturated carbocycles. The van der Waals surface area contributed by atoms with Gasteiger partial charge in [0.2, 0.25) is 5.92 Å². The van der Waals surface area contributed by atoms with Gasteiger partial charge < -0.3 is 5.73 Å². The van der Waals surface area contributed by atoms with E-state index in [1.807, 2.05) is 0 Å². The second-order valence-electron chi connectivity index (χ2n) is 3.39. The summed E-state index contributed by atoms with van der Waals surface area (Å²) in [4.78, 5) is 0. The van der Waals surface area contributed by atoms with Crippen LogP contribution in [0.5, 0.6) is 0 Å².